The average Bonchev–Trinajstić information content (AvgIpc) is 2.75. The molecular weight excluding hydrogens is 398 g/mol. The van der Waals surface area contributed by atoms with Crippen molar-refractivity contribution in [3.05, 3.63) is 35.9 Å². The van der Waals surface area contributed by atoms with Crippen LogP contribution in [0.15, 0.2) is 30.3 Å². The molecule has 1 unspecified atom stereocenters. The van der Waals surface area contributed by atoms with E-state index in [0.717, 1.165) is 37.7 Å². The molecule has 1 atom stereocenters. The molecule has 5 nitrogen and oxygen atoms in total. The maximum absolute atomic E-state index is 12.6. The lowest BCUT2D eigenvalue weighted by atomic mass is 10.00. The van der Waals surface area contributed by atoms with Crippen LogP contribution in [0.25, 0.3) is 0 Å². The number of esters is 1. The van der Waals surface area contributed by atoms with Crippen molar-refractivity contribution in [2.75, 3.05) is 19.4 Å². The van der Waals surface area contributed by atoms with Crippen LogP contribution in [0.5, 0.6) is 0 Å². The van der Waals surface area contributed by atoms with Gasteiger partial charge in [-0.15, -0.1) is 0 Å². The van der Waals surface area contributed by atoms with E-state index in [4.69, 9.17) is 0 Å². The highest BCUT2D eigenvalue weighted by Crippen LogP contribution is 2.16. The Morgan fingerprint density at radius 2 is 1.53 bits per heavy atom. The highest BCUT2D eigenvalue weighted by molar-refractivity contribution is 8.13. The van der Waals surface area contributed by atoms with Gasteiger partial charge in [-0.05, 0) is 24.8 Å². The summed E-state index contributed by atoms with van der Waals surface area (Å²) in [7, 11) is 1.43. The molecule has 1 rings (SSSR count). The topological polar surface area (TPSA) is 72.5 Å². The first-order chi connectivity index (χ1) is 14.5. The molecule has 1 N–H and O–H groups in total. The minimum Gasteiger partial charge on any atom is -0.469 e. The van der Waals surface area contributed by atoms with Crippen LogP contribution in [0, 0.1) is 5.92 Å². The van der Waals surface area contributed by atoms with E-state index in [1.165, 1.54) is 38.1 Å². The smallest absolute Gasteiger partial charge is 0.305 e. The minimum absolute atomic E-state index is 0.0400. The van der Waals surface area contributed by atoms with Crippen LogP contribution in [-0.4, -0.2) is 36.4 Å². The SMILES string of the molecule is COC(=O)CCCCCCCCCCNC(=O)C(CSC(C)=O)Cc1ccccc1. The molecule has 0 aliphatic rings. The number of benzene rings is 1. The summed E-state index contributed by atoms with van der Waals surface area (Å²) in [6, 6.07) is 9.96. The van der Waals surface area contributed by atoms with Crippen LogP contribution in [0.1, 0.15) is 70.3 Å². The maximum Gasteiger partial charge on any atom is 0.305 e. The van der Waals surface area contributed by atoms with Gasteiger partial charge in [0.15, 0.2) is 5.12 Å². The predicted octanol–water partition coefficient (Wildman–Crippen LogP) is 4.93. The molecule has 1 aromatic carbocycles. The van der Waals surface area contributed by atoms with Gasteiger partial charge in [-0.25, -0.2) is 0 Å². The number of rotatable bonds is 16. The molecular formula is C24H37NO4S. The molecule has 0 aliphatic heterocycles. The van der Waals surface area contributed by atoms with Crippen molar-refractivity contribution < 1.29 is 19.1 Å². The van der Waals surface area contributed by atoms with Gasteiger partial charge in [-0.1, -0.05) is 80.6 Å². The van der Waals surface area contributed by atoms with E-state index < -0.39 is 0 Å². The molecule has 0 bridgehead atoms. The second-order valence-electron chi connectivity index (χ2n) is 7.63. The standard InChI is InChI=1S/C24H37NO4S/c1-20(26)30-19-22(18-21-14-10-9-11-15-21)24(28)25-17-13-8-6-4-3-5-7-12-16-23(27)29-2/h9-11,14-15,22H,3-8,12-13,16-19H2,1-2H3,(H,25,28). The fraction of sp³-hybridized carbons (Fsp3) is 0.625. The number of unbranched alkanes of at least 4 members (excludes halogenated alkanes) is 7. The maximum atomic E-state index is 12.6. The van der Waals surface area contributed by atoms with E-state index >= 15 is 0 Å². The second kappa shape index (κ2) is 16.9. The first-order valence-corrected chi connectivity index (χ1v) is 12.0. The van der Waals surface area contributed by atoms with Gasteiger partial charge in [-0.2, -0.15) is 0 Å². The average molecular weight is 436 g/mol. The summed E-state index contributed by atoms with van der Waals surface area (Å²) in [6.45, 7) is 2.23. The zero-order chi connectivity index (χ0) is 22.0. The van der Waals surface area contributed by atoms with E-state index in [9.17, 15) is 14.4 Å². The number of methoxy groups -OCH3 is 1. The Morgan fingerprint density at radius 3 is 2.13 bits per heavy atom. The Balaban J connectivity index is 2.14. The zero-order valence-electron chi connectivity index (χ0n) is 18.5. The molecule has 30 heavy (non-hydrogen) atoms. The van der Waals surface area contributed by atoms with Crippen LogP contribution in [0.3, 0.4) is 0 Å². The van der Waals surface area contributed by atoms with Gasteiger partial charge in [0.25, 0.3) is 0 Å². The number of hydrogen-bond donors (Lipinski definition) is 1. The Morgan fingerprint density at radius 1 is 0.933 bits per heavy atom. The van der Waals surface area contributed by atoms with Gasteiger partial charge >= 0.3 is 5.97 Å². The van der Waals surface area contributed by atoms with Gasteiger partial charge < -0.3 is 10.1 Å². The molecule has 0 aliphatic carbocycles. The highest BCUT2D eigenvalue weighted by Gasteiger charge is 2.19. The van der Waals surface area contributed by atoms with E-state index in [1.807, 2.05) is 30.3 Å². The Bertz CT molecular complexity index is 621. The number of hydrogen-bond acceptors (Lipinski definition) is 5. The van der Waals surface area contributed by atoms with E-state index in [0.29, 0.717) is 25.1 Å². The summed E-state index contributed by atoms with van der Waals surface area (Å²) in [5.74, 6) is 0.249. The quantitative estimate of drug-likeness (QED) is 0.295. The summed E-state index contributed by atoms with van der Waals surface area (Å²) in [5.41, 5.74) is 1.12. The Hall–Kier alpha value is -1.82. The molecule has 1 amide bonds. The van der Waals surface area contributed by atoms with Crippen molar-refractivity contribution in [2.45, 2.75) is 71.1 Å². The minimum atomic E-state index is -0.189. The molecule has 1 aromatic rings. The van der Waals surface area contributed by atoms with E-state index in [1.54, 1.807) is 6.92 Å². The number of amides is 1. The van der Waals surface area contributed by atoms with Crippen molar-refractivity contribution in [3.8, 4) is 0 Å². The van der Waals surface area contributed by atoms with E-state index in [-0.39, 0.29) is 22.9 Å². The second-order valence-corrected chi connectivity index (χ2v) is 8.83. The summed E-state index contributed by atoms with van der Waals surface area (Å²) >= 11 is 1.22. The van der Waals surface area contributed by atoms with Gasteiger partial charge in [-0.3, -0.25) is 14.4 Å². The van der Waals surface area contributed by atoms with Crippen molar-refractivity contribution in [3.63, 3.8) is 0 Å². The predicted molar refractivity (Wildman–Crippen MR) is 123 cm³/mol. The lowest BCUT2D eigenvalue weighted by molar-refractivity contribution is -0.140. The molecule has 0 radical (unpaired) electrons. The molecule has 0 spiro atoms. The molecule has 6 heteroatoms. The third-order valence-corrected chi connectivity index (χ3v) is 5.99. The van der Waals surface area contributed by atoms with Crippen LogP contribution in [-0.2, 0) is 25.5 Å². The normalized spacial score (nSPS) is 11.7. The molecule has 0 fully saturated rings. The van der Waals surface area contributed by atoms with Crippen LogP contribution in [0.2, 0.25) is 0 Å². The third-order valence-electron chi connectivity index (χ3n) is 5.02. The highest BCUT2D eigenvalue weighted by atomic mass is 32.2. The van der Waals surface area contributed by atoms with Gasteiger partial charge in [0.1, 0.15) is 0 Å². The molecule has 0 aromatic heterocycles. The fourth-order valence-corrected chi connectivity index (χ4v) is 3.96. The number of thioether (sulfide) groups is 1. The van der Waals surface area contributed by atoms with Crippen LogP contribution in [0.4, 0.5) is 0 Å². The van der Waals surface area contributed by atoms with Crippen molar-refractivity contribution in [1.82, 2.24) is 5.32 Å². The third kappa shape index (κ3) is 13.4. The lowest BCUT2D eigenvalue weighted by Gasteiger charge is -2.16. The monoisotopic (exact) mass is 435 g/mol. The summed E-state index contributed by atoms with van der Waals surface area (Å²) in [6.07, 6.45) is 9.95. The van der Waals surface area contributed by atoms with Crippen molar-refractivity contribution in [2.24, 2.45) is 5.92 Å². The largest absolute Gasteiger partial charge is 0.469 e. The zero-order valence-corrected chi connectivity index (χ0v) is 19.3. The molecule has 0 saturated carbocycles. The first kappa shape index (κ1) is 26.2. The summed E-state index contributed by atoms with van der Waals surface area (Å²) in [4.78, 5) is 34.9. The first-order valence-electron chi connectivity index (χ1n) is 11.0. The van der Waals surface area contributed by atoms with Gasteiger partial charge in [0, 0.05) is 25.6 Å². The van der Waals surface area contributed by atoms with Gasteiger partial charge in [0.05, 0.1) is 13.0 Å². The number of carbonyl (C=O) groups excluding carboxylic acids is 3. The summed E-state index contributed by atoms with van der Waals surface area (Å²) < 4.78 is 4.63. The fourth-order valence-electron chi connectivity index (χ4n) is 3.26. The van der Waals surface area contributed by atoms with Crippen LogP contribution < -0.4 is 5.32 Å². The van der Waals surface area contributed by atoms with Crippen molar-refractivity contribution in [1.29, 1.82) is 0 Å². The van der Waals surface area contributed by atoms with Crippen molar-refractivity contribution >= 4 is 28.8 Å². The number of nitrogens with one attached hydrogen (secondary N) is 1. The van der Waals surface area contributed by atoms with Gasteiger partial charge in [0.2, 0.25) is 5.91 Å². The van der Waals surface area contributed by atoms with Crippen LogP contribution >= 0.6 is 11.8 Å². The Kier molecular flexibility index (Phi) is 14.8. The Labute approximate surface area is 185 Å². The molecule has 168 valence electrons. The van der Waals surface area contributed by atoms with E-state index in [2.05, 4.69) is 10.1 Å². The molecule has 0 saturated heterocycles. The molecule has 0 heterocycles. The number of carbonyl (C=O) groups is 3. The summed E-state index contributed by atoms with van der Waals surface area (Å²) in [5, 5.41) is 3.10. The number of ether oxygens (including phenoxy) is 1. The lowest BCUT2D eigenvalue weighted by Crippen LogP contribution is -2.34.